The van der Waals surface area contributed by atoms with Crippen LogP contribution < -0.4 is 14.4 Å². The summed E-state index contributed by atoms with van der Waals surface area (Å²) >= 11 is 0. The molecule has 0 N–H and O–H groups in total. The molecular weight excluding hydrogens is 653 g/mol. The summed E-state index contributed by atoms with van der Waals surface area (Å²) in [5, 5.41) is 5.32. The first-order chi connectivity index (χ1) is 26.2. The van der Waals surface area contributed by atoms with E-state index in [0.29, 0.717) is 29.1 Å². The molecule has 3 aromatic carbocycles. The van der Waals surface area contributed by atoms with Crippen molar-refractivity contribution in [2.75, 3.05) is 4.90 Å². The highest BCUT2D eigenvalue weighted by atomic mass is 16.5. The molecule has 0 amide bonds. The predicted molar refractivity (Wildman–Crippen MR) is 205 cm³/mol. The van der Waals surface area contributed by atoms with E-state index in [1.807, 2.05) is 0 Å². The topological polar surface area (TPSA) is 51.9 Å². The molecule has 10 aliphatic rings. The van der Waals surface area contributed by atoms with Crippen molar-refractivity contribution in [1.82, 2.24) is 14.4 Å². The fourth-order valence-corrected chi connectivity index (χ4v) is 15.5. The van der Waals surface area contributed by atoms with Crippen LogP contribution in [0, 0.1) is 29.1 Å². The Kier molecular flexibility index (Phi) is 4.27. The van der Waals surface area contributed by atoms with Gasteiger partial charge in [-0.3, -0.25) is 14.9 Å². The number of fused-ring (bicyclic) bond motifs is 18. The van der Waals surface area contributed by atoms with Gasteiger partial charge in [0.25, 0.3) is 0 Å². The Morgan fingerprint density at radius 2 is 1.13 bits per heavy atom. The maximum Gasteiger partial charge on any atom is 0.165 e. The second-order valence-electron chi connectivity index (χ2n) is 19.0. The van der Waals surface area contributed by atoms with Crippen molar-refractivity contribution < 1.29 is 9.47 Å². The minimum atomic E-state index is 0.549. The Hall–Kier alpha value is -4.84. The fourth-order valence-electron chi connectivity index (χ4n) is 15.5. The van der Waals surface area contributed by atoms with E-state index in [1.165, 1.54) is 119 Å². The summed E-state index contributed by atoms with van der Waals surface area (Å²) in [6.45, 7) is 0. The number of pyridine rings is 2. The lowest BCUT2D eigenvalue weighted by Gasteiger charge is -2.48. The van der Waals surface area contributed by atoms with Gasteiger partial charge in [0.05, 0.1) is 51.1 Å². The van der Waals surface area contributed by atoms with Gasteiger partial charge in [-0.1, -0.05) is 24.3 Å². The summed E-state index contributed by atoms with van der Waals surface area (Å²) in [5.41, 5.74) is 13.4. The third-order valence-corrected chi connectivity index (χ3v) is 17.0. The van der Waals surface area contributed by atoms with E-state index in [9.17, 15) is 0 Å². The standard InChI is InChI=1S/C47H38N4O2/c1-3-7-33-29(5-1)50-30-6-2-4-8-34(30)53-46-40-38-32(20-49-42-26-15-28-16-27-14-25(36(38)42)17-47(27,28)18-26)51-31-19-48-41-24-12-21-9-22(13-24)11-23(10-21)35(41)37(31)39(43(40)51)45(52-33)44(46)50/h1-8,19-28H,9-18H2. The van der Waals surface area contributed by atoms with Crippen molar-refractivity contribution >= 4 is 55.2 Å². The first-order valence-electron chi connectivity index (χ1n) is 20.6. The van der Waals surface area contributed by atoms with Crippen LogP contribution in [0.2, 0.25) is 0 Å². The average Bonchev–Trinajstić information content (AvgIpc) is 3.82. The molecule has 258 valence electrons. The van der Waals surface area contributed by atoms with Crippen LogP contribution in [0.1, 0.15) is 110 Å². The fraction of sp³-hybridized carbons (Fsp3) is 0.404. The molecule has 7 unspecified atom stereocenters. The molecule has 7 bridgehead atoms. The zero-order valence-electron chi connectivity index (χ0n) is 29.6. The van der Waals surface area contributed by atoms with Crippen LogP contribution in [-0.4, -0.2) is 14.4 Å². The number of hydrogen-bond acceptors (Lipinski definition) is 5. The number of nitrogens with zero attached hydrogens (tertiary/aromatic N) is 4. The number of aromatic nitrogens is 3. The van der Waals surface area contributed by atoms with E-state index < -0.39 is 0 Å². The van der Waals surface area contributed by atoms with E-state index in [-0.39, 0.29) is 0 Å². The molecule has 17 rings (SSSR count). The van der Waals surface area contributed by atoms with Gasteiger partial charge < -0.3 is 13.9 Å². The van der Waals surface area contributed by atoms with E-state index in [1.54, 1.807) is 5.56 Å². The van der Waals surface area contributed by atoms with Crippen LogP contribution in [-0.2, 0) is 0 Å². The monoisotopic (exact) mass is 690 g/mol. The van der Waals surface area contributed by atoms with Gasteiger partial charge in [-0.2, -0.15) is 0 Å². The molecule has 6 heterocycles. The highest BCUT2D eigenvalue weighted by molar-refractivity contribution is 6.31. The summed E-state index contributed by atoms with van der Waals surface area (Å²) in [6.07, 6.45) is 17.9. The molecular formula is C47H38N4O2. The molecule has 5 fully saturated rings. The molecule has 5 saturated carbocycles. The lowest BCUT2D eigenvalue weighted by atomic mass is 9.56. The number of para-hydroxylation sites is 4. The van der Waals surface area contributed by atoms with Gasteiger partial charge in [0.1, 0.15) is 5.69 Å². The van der Waals surface area contributed by atoms with Gasteiger partial charge in [-0.25, -0.2) is 0 Å². The zero-order chi connectivity index (χ0) is 33.6. The highest BCUT2D eigenvalue weighted by Gasteiger charge is 2.66. The third kappa shape index (κ3) is 2.81. The normalized spacial score (nSPS) is 34.0. The smallest absolute Gasteiger partial charge is 0.165 e. The Morgan fingerprint density at radius 3 is 1.81 bits per heavy atom. The molecule has 6 heteroatoms. The predicted octanol–water partition coefficient (Wildman–Crippen LogP) is 12.1. The minimum Gasteiger partial charge on any atom is -0.452 e. The largest absolute Gasteiger partial charge is 0.452 e. The first-order valence-corrected chi connectivity index (χ1v) is 20.6. The summed E-state index contributed by atoms with van der Waals surface area (Å²) in [5.74, 6) is 9.40. The van der Waals surface area contributed by atoms with Gasteiger partial charge in [0, 0.05) is 34.0 Å². The maximum atomic E-state index is 7.30. The zero-order valence-corrected chi connectivity index (χ0v) is 29.6. The average molecular weight is 691 g/mol. The maximum absolute atomic E-state index is 7.30. The third-order valence-electron chi connectivity index (χ3n) is 17.0. The van der Waals surface area contributed by atoms with Crippen LogP contribution in [0.5, 0.6) is 23.0 Å². The Labute approximate surface area is 306 Å². The van der Waals surface area contributed by atoms with Gasteiger partial charge in [0.2, 0.25) is 0 Å². The molecule has 2 aliphatic heterocycles. The number of anilines is 3. The number of ether oxygens (including phenoxy) is 2. The molecule has 4 aromatic heterocycles. The van der Waals surface area contributed by atoms with Crippen molar-refractivity contribution in [3.8, 4) is 23.0 Å². The molecule has 7 aromatic rings. The molecule has 53 heavy (non-hydrogen) atoms. The van der Waals surface area contributed by atoms with Crippen LogP contribution in [0.25, 0.3) is 38.1 Å². The van der Waals surface area contributed by atoms with Crippen molar-refractivity contribution in [3.63, 3.8) is 0 Å². The van der Waals surface area contributed by atoms with E-state index in [2.05, 4.69) is 70.2 Å². The van der Waals surface area contributed by atoms with E-state index in [4.69, 9.17) is 19.4 Å². The van der Waals surface area contributed by atoms with Crippen LogP contribution in [0.4, 0.5) is 17.1 Å². The number of rotatable bonds is 0. The lowest BCUT2D eigenvalue weighted by molar-refractivity contribution is 0.00321. The Morgan fingerprint density at radius 1 is 0.566 bits per heavy atom. The van der Waals surface area contributed by atoms with E-state index >= 15 is 0 Å². The van der Waals surface area contributed by atoms with Crippen LogP contribution in [0.15, 0.2) is 60.9 Å². The molecule has 1 spiro atoms. The summed E-state index contributed by atoms with van der Waals surface area (Å²) in [7, 11) is 0. The van der Waals surface area contributed by atoms with Gasteiger partial charge >= 0.3 is 0 Å². The lowest BCUT2D eigenvalue weighted by Crippen LogP contribution is -2.41. The minimum absolute atomic E-state index is 0.549. The number of benzene rings is 3. The SMILES string of the molecule is c1ccc2c(c1)Oc1c3c(c4c5c6c(ncc5n5c7cnc8c(c7c1c45)C1CC4CC(CC8C4)C1)C1CC4CC5CC6CC45C1)Oc1ccccc1N23. The molecule has 7 atom stereocenters. The van der Waals surface area contributed by atoms with Crippen molar-refractivity contribution in [1.29, 1.82) is 0 Å². The molecule has 6 nitrogen and oxygen atoms in total. The van der Waals surface area contributed by atoms with Gasteiger partial charge in [-0.05, 0) is 141 Å². The van der Waals surface area contributed by atoms with Gasteiger partial charge in [-0.15, -0.1) is 0 Å². The Balaban J connectivity index is 1.13. The second-order valence-corrected chi connectivity index (χ2v) is 19.0. The highest BCUT2D eigenvalue weighted by Crippen LogP contribution is 2.77. The van der Waals surface area contributed by atoms with Gasteiger partial charge in [0.15, 0.2) is 23.0 Å². The van der Waals surface area contributed by atoms with Crippen LogP contribution in [0.3, 0.4) is 0 Å². The number of hydrogen-bond donors (Lipinski definition) is 0. The quantitative estimate of drug-likeness (QED) is 0.159. The van der Waals surface area contributed by atoms with E-state index in [0.717, 1.165) is 63.7 Å². The second kappa shape index (κ2) is 8.43. The van der Waals surface area contributed by atoms with Crippen molar-refractivity contribution in [3.05, 3.63) is 83.4 Å². The van der Waals surface area contributed by atoms with Crippen molar-refractivity contribution in [2.45, 2.75) is 87.9 Å². The molecule has 0 saturated heterocycles. The summed E-state index contributed by atoms with van der Waals surface area (Å²) in [6, 6.07) is 17.2. The van der Waals surface area contributed by atoms with Crippen LogP contribution >= 0.6 is 0 Å². The van der Waals surface area contributed by atoms with Crippen molar-refractivity contribution in [2.24, 2.45) is 29.1 Å². The summed E-state index contributed by atoms with van der Waals surface area (Å²) < 4.78 is 17.2. The first kappa shape index (κ1) is 26.9. The Bertz CT molecular complexity index is 2880. The molecule has 8 aliphatic carbocycles. The summed E-state index contributed by atoms with van der Waals surface area (Å²) in [4.78, 5) is 13.5. The molecule has 0 radical (unpaired) electrons.